The molecule has 4 nitrogen and oxygen atoms in total. The number of carbonyl (C=O) groups excluding carboxylic acids is 2. The maximum atomic E-state index is 13.6. The number of hydrogen-bond acceptors (Lipinski definition) is 3. The van der Waals surface area contributed by atoms with E-state index in [2.05, 4.69) is 0 Å². The van der Waals surface area contributed by atoms with E-state index in [0.29, 0.717) is 38.0 Å². The van der Waals surface area contributed by atoms with Gasteiger partial charge >= 0.3 is 0 Å². The van der Waals surface area contributed by atoms with Gasteiger partial charge in [-0.25, -0.2) is 4.90 Å². The standard InChI is InChI=1S/C24H15Cl2NO3/c25-15-10-4-8-13-17(15)19-18-14(9-5-11-16(18)26)24(13,30)21-20(19)22(28)27(23(21)29)12-6-2-1-3-7-12/h1-11,19-21,30H. The maximum absolute atomic E-state index is 13.6. The molecular formula is C24H15Cl2NO3. The SMILES string of the molecule is O=C1C2C3c4c(Cl)cccc4C(O)(c4cccc(Cl)c43)C2C(=O)N1c1ccccc1. The average Bonchev–Trinajstić information content (AvgIpc) is 3.02. The van der Waals surface area contributed by atoms with Crippen molar-refractivity contribution in [2.45, 2.75) is 11.5 Å². The predicted molar refractivity (Wildman–Crippen MR) is 114 cm³/mol. The molecule has 148 valence electrons. The van der Waals surface area contributed by atoms with Crippen molar-refractivity contribution in [3.05, 3.63) is 99.0 Å². The van der Waals surface area contributed by atoms with Gasteiger partial charge < -0.3 is 5.11 Å². The Morgan fingerprint density at radius 1 is 0.767 bits per heavy atom. The van der Waals surface area contributed by atoms with Crippen molar-refractivity contribution in [2.75, 3.05) is 4.90 Å². The number of hydrogen-bond donors (Lipinski definition) is 1. The Morgan fingerprint density at radius 2 is 1.33 bits per heavy atom. The molecule has 1 aliphatic heterocycles. The van der Waals surface area contributed by atoms with E-state index in [4.69, 9.17) is 23.2 Å². The predicted octanol–water partition coefficient (Wildman–Crippen LogP) is 4.49. The minimum Gasteiger partial charge on any atom is -0.379 e. The number of nitrogens with zero attached hydrogens (tertiary/aromatic N) is 1. The van der Waals surface area contributed by atoms with Gasteiger partial charge in [0.05, 0.1) is 17.5 Å². The summed E-state index contributed by atoms with van der Waals surface area (Å²) < 4.78 is 0. The smallest absolute Gasteiger partial charge is 0.241 e. The van der Waals surface area contributed by atoms with Gasteiger partial charge in [0.2, 0.25) is 11.8 Å². The lowest BCUT2D eigenvalue weighted by molar-refractivity contribution is -0.133. The fraction of sp³-hybridized carbons (Fsp3) is 0.167. The molecule has 1 heterocycles. The van der Waals surface area contributed by atoms with Crippen LogP contribution < -0.4 is 4.90 Å². The number of carbonyl (C=O) groups is 2. The molecule has 0 spiro atoms. The van der Waals surface area contributed by atoms with Crippen LogP contribution in [0.3, 0.4) is 0 Å². The summed E-state index contributed by atoms with van der Waals surface area (Å²) in [5.41, 5.74) is 1.32. The molecule has 0 saturated carbocycles. The van der Waals surface area contributed by atoms with E-state index in [9.17, 15) is 14.7 Å². The van der Waals surface area contributed by atoms with Crippen molar-refractivity contribution in [1.29, 1.82) is 0 Å². The van der Waals surface area contributed by atoms with Gasteiger partial charge in [0.25, 0.3) is 0 Å². The van der Waals surface area contributed by atoms with E-state index >= 15 is 0 Å². The number of amides is 2. The van der Waals surface area contributed by atoms with Crippen LogP contribution in [0.25, 0.3) is 0 Å². The van der Waals surface area contributed by atoms with Crippen molar-refractivity contribution in [3.63, 3.8) is 0 Å². The summed E-state index contributed by atoms with van der Waals surface area (Å²) in [6.45, 7) is 0. The van der Waals surface area contributed by atoms with Gasteiger partial charge in [0, 0.05) is 16.0 Å². The topological polar surface area (TPSA) is 57.6 Å². The molecule has 2 amide bonds. The van der Waals surface area contributed by atoms with Gasteiger partial charge in [-0.05, 0) is 46.5 Å². The van der Waals surface area contributed by atoms with Crippen molar-refractivity contribution >= 4 is 40.7 Å². The fourth-order valence-electron chi connectivity index (χ4n) is 5.65. The van der Waals surface area contributed by atoms with E-state index < -0.39 is 29.3 Å². The Morgan fingerprint density at radius 3 is 1.90 bits per heavy atom. The van der Waals surface area contributed by atoms with E-state index in [1.165, 1.54) is 4.90 Å². The molecule has 0 aromatic heterocycles. The van der Waals surface area contributed by atoms with Crippen LogP contribution in [-0.2, 0) is 15.2 Å². The highest BCUT2D eigenvalue weighted by atomic mass is 35.5. The van der Waals surface area contributed by atoms with E-state index in [-0.39, 0.29) is 5.91 Å². The normalized spacial score (nSPS) is 28.4. The van der Waals surface area contributed by atoms with E-state index in [0.717, 1.165) is 0 Å². The minimum absolute atomic E-state index is 0.337. The van der Waals surface area contributed by atoms with Crippen molar-refractivity contribution in [1.82, 2.24) is 0 Å². The summed E-state index contributed by atoms with van der Waals surface area (Å²) in [6.07, 6.45) is 0. The summed E-state index contributed by atoms with van der Waals surface area (Å²) in [5, 5.41) is 13.1. The second-order valence-corrected chi connectivity index (χ2v) is 8.81. The first-order chi connectivity index (χ1) is 14.5. The van der Waals surface area contributed by atoms with Crippen molar-refractivity contribution < 1.29 is 14.7 Å². The van der Waals surface area contributed by atoms with Gasteiger partial charge in [-0.3, -0.25) is 9.59 Å². The average molecular weight is 436 g/mol. The minimum atomic E-state index is -1.68. The van der Waals surface area contributed by atoms with Crippen LogP contribution >= 0.6 is 23.2 Å². The number of imide groups is 1. The van der Waals surface area contributed by atoms with Crippen LogP contribution in [0.5, 0.6) is 0 Å². The lowest BCUT2D eigenvalue weighted by Crippen LogP contribution is -2.53. The highest BCUT2D eigenvalue weighted by Gasteiger charge is 2.68. The first kappa shape index (κ1) is 18.1. The van der Waals surface area contributed by atoms with Gasteiger partial charge in [0.1, 0.15) is 5.60 Å². The Bertz CT molecular complexity index is 1200. The number of halogens is 2. The van der Waals surface area contributed by atoms with Gasteiger partial charge in [-0.15, -0.1) is 0 Å². The molecule has 3 aromatic carbocycles. The zero-order chi connectivity index (χ0) is 20.8. The summed E-state index contributed by atoms with van der Waals surface area (Å²) in [7, 11) is 0. The lowest BCUT2D eigenvalue weighted by atomic mass is 9.52. The molecule has 6 heteroatoms. The van der Waals surface area contributed by atoms with Crippen LogP contribution in [0.15, 0.2) is 66.7 Å². The molecule has 1 saturated heterocycles. The number of anilines is 1. The highest BCUT2D eigenvalue weighted by Crippen LogP contribution is 2.65. The Labute approximate surface area is 182 Å². The van der Waals surface area contributed by atoms with Crippen LogP contribution in [0.4, 0.5) is 5.69 Å². The molecule has 30 heavy (non-hydrogen) atoms. The molecule has 4 aliphatic rings. The zero-order valence-electron chi connectivity index (χ0n) is 15.5. The van der Waals surface area contributed by atoms with Crippen LogP contribution in [-0.4, -0.2) is 16.9 Å². The van der Waals surface area contributed by atoms with Gasteiger partial charge in [-0.1, -0.05) is 65.7 Å². The highest BCUT2D eigenvalue weighted by molar-refractivity contribution is 6.33. The first-order valence-electron chi connectivity index (χ1n) is 9.69. The lowest BCUT2D eigenvalue weighted by Gasteiger charge is -2.51. The second kappa shape index (κ2) is 5.94. The largest absolute Gasteiger partial charge is 0.379 e. The molecule has 2 bridgehead atoms. The fourth-order valence-corrected chi connectivity index (χ4v) is 6.24. The Kier molecular flexibility index (Phi) is 3.59. The summed E-state index contributed by atoms with van der Waals surface area (Å²) in [4.78, 5) is 28.4. The Balaban J connectivity index is 1.68. The molecule has 1 N–H and O–H groups in total. The quantitative estimate of drug-likeness (QED) is 0.572. The first-order valence-corrected chi connectivity index (χ1v) is 10.4. The number of para-hydroxylation sites is 1. The summed E-state index contributed by atoms with van der Waals surface area (Å²) in [5.74, 6) is -2.95. The van der Waals surface area contributed by atoms with Crippen molar-refractivity contribution in [3.8, 4) is 0 Å². The van der Waals surface area contributed by atoms with Crippen LogP contribution in [0.2, 0.25) is 10.0 Å². The van der Waals surface area contributed by atoms with E-state index in [1.807, 2.05) is 6.07 Å². The second-order valence-electron chi connectivity index (χ2n) is 8.00. The molecule has 2 unspecified atom stereocenters. The van der Waals surface area contributed by atoms with Crippen LogP contribution in [0.1, 0.15) is 28.2 Å². The Hall–Kier alpha value is -2.66. The third-order valence-electron chi connectivity index (χ3n) is 6.72. The number of rotatable bonds is 1. The molecule has 1 fully saturated rings. The maximum Gasteiger partial charge on any atom is 0.241 e. The molecule has 2 atom stereocenters. The molecule has 7 rings (SSSR count). The van der Waals surface area contributed by atoms with Gasteiger partial charge in [0.15, 0.2) is 0 Å². The van der Waals surface area contributed by atoms with Gasteiger partial charge in [-0.2, -0.15) is 0 Å². The van der Waals surface area contributed by atoms with Crippen LogP contribution in [0, 0.1) is 11.8 Å². The number of aliphatic hydroxyl groups is 1. The van der Waals surface area contributed by atoms with Crippen molar-refractivity contribution in [2.24, 2.45) is 11.8 Å². The summed E-state index contributed by atoms with van der Waals surface area (Å²) in [6, 6.07) is 19.4. The monoisotopic (exact) mass is 435 g/mol. The third kappa shape index (κ3) is 1.97. The summed E-state index contributed by atoms with van der Waals surface area (Å²) >= 11 is 13.2. The van der Waals surface area contributed by atoms with E-state index in [1.54, 1.807) is 60.7 Å². The molecule has 3 aliphatic carbocycles. The molecular weight excluding hydrogens is 421 g/mol. The molecule has 3 aromatic rings. The molecule has 0 radical (unpaired) electrons. The number of benzene rings is 3. The third-order valence-corrected chi connectivity index (χ3v) is 7.38. The zero-order valence-corrected chi connectivity index (χ0v) is 17.1.